The van der Waals surface area contributed by atoms with Gasteiger partial charge in [0, 0.05) is 33.7 Å². The molecule has 0 bridgehead atoms. The molecule has 6 heteroatoms. The molecule has 184 valence electrons. The molecule has 0 atom stereocenters. The molecule has 5 rings (SSSR count). The largest absolute Gasteiger partial charge is 0.494 e. The van der Waals surface area contributed by atoms with E-state index in [2.05, 4.69) is 29.8 Å². The summed E-state index contributed by atoms with van der Waals surface area (Å²) in [6, 6.07) is 17.8. The van der Waals surface area contributed by atoms with Crippen LogP contribution in [0, 0.1) is 20.8 Å². The first-order valence-corrected chi connectivity index (χ1v) is 13.2. The van der Waals surface area contributed by atoms with Gasteiger partial charge in [-0.2, -0.15) is 0 Å². The Morgan fingerprint density at radius 3 is 2.58 bits per heavy atom. The second-order valence-electron chi connectivity index (χ2n) is 9.30. The van der Waals surface area contributed by atoms with Crippen LogP contribution in [0.3, 0.4) is 0 Å². The van der Waals surface area contributed by atoms with Gasteiger partial charge in [0.2, 0.25) is 0 Å². The van der Waals surface area contributed by atoms with Crippen molar-refractivity contribution in [2.45, 2.75) is 46.5 Å². The number of anilines is 1. The van der Waals surface area contributed by atoms with Gasteiger partial charge < -0.3 is 14.6 Å². The molecule has 2 aromatic carbocycles. The molecule has 0 aliphatic heterocycles. The summed E-state index contributed by atoms with van der Waals surface area (Å²) in [5, 5.41) is 4.15. The van der Waals surface area contributed by atoms with Crippen molar-refractivity contribution < 1.29 is 9.53 Å². The van der Waals surface area contributed by atoms with E-state index >= 15 is 0 Å². The van der Waals surface area contributed by atoms with Gasteiger partial charge in [-0.3, -0.25) is 9.79 Å². The average Bonchev–Trinajstić information content (AvgIpc) is 3.40. The van der Waals surface area contributed by atoms with Gasteiger partial charge in [0.25, 0.3) is 5.91 Å². The van der Waals surface area contributed by atoms with Gasteiger partial charge in [0.05, 0.1) is 12.7 Å². The molecule has 1 aliphatic carbocycles. The Bertz CT molecular complexity index is 1440. The molecule has 1 amide bonds. The van der Waals surface area contributed by atoms with Crippen LogP contribution >= 0.6 is 11.3 Å². The molecule has 0 unspecified atom stereocenters. The van der Waals surface area contributed by atoms with E-state index in [0.29, 0.717) is 0 Å². The number of aryl methyl sites for hydroxylation is 3. The van der Waals surface area contributed by atoms with E-state index in [0.717, 1.165) is 63.9 Å². The van der Waals surface area contributed by atoms with Gasteiger partial charge >= 0.3 is 0 Å². The molecule has 5 nitrogen and oxygen atoms in total. The molecular weight excluding hydrogens is 466 g/mol. The summed E-state index contributed by atoms with van der Waals surface area (Å²) in [6.07, 6.45) is 6.16. The summed E-state index contributed by atoms with van der Waals surface area (Å²) in [7, 11) is 1.65. The number of aromatic nitrogens is 1. The summed E-state index contributed by atoms with van der Waals surface area (Å²) < 4.78 is 7.66. The van der Waals surface area contributed by atoms with Crippen LogP contribution in [0.15, 0.2) is 59.6 Å². The van der Waals surface area contributed by atoms with Crippen molar-refractivity contribution in [2.24, 2.45) is 4.99 Å². The summed E-state index contributed by atoms with van der Waals surface area (Å²) in [5.41, 5.74) is 7.96. The van der Waals surface area contributed by atoms with Crippen molar-refractivity contribution in [3.05, 3.63) is 93.1 Å². The number of rotatable bonds is 6. The van der Waals surface area contributed by atoms with E-state index < -0.39 is 0 Å². The first-order valence-electron chi connectivity index (χ1n) is 12.3. The maximum Gasteiger partial charge on any atom is 0.258 e. The monoisotopic (exact) mass is 497 g/mol. The van der Waals surface area contributed by atoms with Crippen molar-refractivity contribution in [1.82, 2.24) is 4.57 Å². The number of nitrogens with zero attached hydrogens (tertiary/aromatic N) is 2. The normalized spacial score (nSPS) is 13.1. The fourth-order valence-corrected chi connectivity index (χ4v) is 6.38. The number of aliphatic imine (C=N–C) groups is 1. The minimum atomic E-state index is -0.0370. The van der Waals surface area contributed by atoms with E-state index in [1.165, 1.54) is 22.4 Å². The highest BCUT2D eigenvalue weighted by Crippen LogP contribution is 2.39. The number of ether oxygens (including phenoxy) is 1. The number of para-hydroxylation sites is 2. The topological polar surface area (TPSA) is 55.6 Å². The summed E-state index contributed by atoms with van der Waals surface area (Å²) in [5.74, 6) is 0.702. The van der Waals surface area contributed by atoms with Crippen molar-refractivity contribution in [3.63, 3.8) is 0 Å². The number of nitrogens with one attached hydrogen (secondary N) is 1. The summed E-state index contributed by atoms with van der Waals surface area (Å²) in [6.45, 7) is 6.23. The number of hydrogen-bond acceptors (Lipinski definition) is 4. The summed E-state index contributed by atoms with van der Waals surface area (Å²) >= 11 is 1.76. The van der Waals surface area contributed by atoms with Crippen molar-refractivity contribution in [1.29, 1.82) is 0 Å². The molecule has 0 saturated heterocycles. The average molecular weight is 498 g/mol. The Morgan fingerprint density at radius 2 is 1.81 bits per heavy atom. The molecule has 2 heterocycles. The standard InChI is InChI=1S/C30H31N3O2S/c1-19-13-15-23(16-14-19)32-29(34)28-24-9-5-8-12-27(24)36-30(28)33-20(2)17-22(21(33)3)18-31-25-10-6-7-11-26(25)35-4/h6-7,10-11,13-18H,5,8-9,12H2,1-4H3,(H,32,34). The van der Waals surface area contributed by atoms with E-state index in [1.54, 1.807) is 18.4 Å². The number of amides is 1. The number of benzene rings is 2. The van der Waals surface area contributed by atoms with Crippen LogP contribution in [-0.2, 0) is 12.8 Å². The lowest BCUT2D eigenvalue weighted by Gasteiger charge is -2.14. The van der Waals surface area contributed by atoms with Gasteiger partial charge in [0.15, 0.2) is 0 Å². The van der Waals surface area contributed by atoms with Crippen LogP contribution < -0.4 is 10.1 Å². The van der Waals surface area contributed by atoms with E-state index in [9.17, 15) is 4.79 Å². The maximum absolute atomic E-state index is 13.7. The molecule has 36 heavy (non-hydrogen) atoms. The first kappa shape index (κ1) is 24.1. The van der Waals surface area contributed by atoms with E-state index in [-0.39, 0.29) is 5.91 Å². The number of fused-ring (bicyclic) bond motifs is 1. The predicted molar refractivity (Wildman–Crippen MR) is 149 cm³/mol. The molecular formula is C30H31N3O2S. The second kappa shape index (κ2) is 10.2. The second-order valence-corrected chi connectivity index (χ2v) is 10.4. The van der Waals surface area contributed by atoms with E-state index in [1.807, 2.05) is 61.7 Å². The Labute approximate surface area is 216 Å². The Kier molecular flexibility index (Phi) is 6.79. The van der Waals surface area contributed by atoms with Crippen LogP contribution in [0.1, 0.15) is 56.2 Å². The number of carbonyl (C=O) groups excluding carboxylic acids is 1. The maximum atomic E-state index is 13.7. The van der Waals surface area contributed by atoms with Crippen molar-refractivity contribution >= 4 is 34.8 Å². The Hall–Kier alpha value is -3.64. The van der Waals surface area contributed by atoms with Gasteiger partial charge in [-0.25, -0.2) is 0 Å². The SMILES string of the molecule is COc1ccccc1N=Cc1cc(C)n(-c2sc3c(c2C(=O)Nc2ccc(C)cc2)CCCC3)c1C. The summed E-state index contributed by atoms with van der Waals surface area (Å²) in [4.78, 5) is 19.7. The van der Waals surface area contributed by atoms with E-state index in [4.69, 9.17) is 9.73 Å². The zero-order valence-corrected chi connectivity index (χ0v) is 22.0. The molecule has 4 aromatic rings. The van der Waals surface area contributed by atoms with Gasteiger partial charge in [0.1, 0.15) is 16.4 Å². The van der Waals surface area contributed by atoms with Gasteiger partial charge in [-0.05, 0) is 82.3 Å². The predicted octanol–water partition coefficient (Wildman–Crippen LogP) is 7.35. The lowest BCUT2D eigenvalue weighted by Crippen LogP contribution is -2.17. The van der Waals surface area contributed by atoms with Crippen molar-refractivity contribution in [3.8, 4) is 10.8 Å². The third kappa shape index (κ3) is 4.61. The van der Waals surface area contributed by atoms with Crippen LogP contribution in [0.4, 0.5) is 11.4 Å². The zero-order chi connectivity index (χ0) is 25.2. The lowest BCUT2D eigenvalue weighted by molar-refractivity contribution is 0.102. The highest BCUT2D eigenvalue weighted by Gasteiger charge is 2.28. The number of thiophene rings is 1. The number of methoxy groups -OCH3 is 1. The smallest absolute Gasteiger partial charge is 0.258 e. The zero-order valence-electron chi connectivity index (χ0n) is 21.2. The van der Waals surface area contributed by atoms with Gasteiger partial charge in [-0.15, -0.1) is 11.3 Å². The molecule has 1 aliphatic rings. The number of carbonyl (C=O) groups is 1. The minimum absolute atomic E-state index is 0.0370. The minimum Gasteiger partial charge on any atom is -0.494 e. The Morgan fingerprint density at radius 1 is 1.06 bits per heavy atom. The van der Waals surface area contributed by atoms with Crippen LogP contribution in [0.25, 0.3) is 5.00 Å². The van der Waals surface area contributed by atoms with Crippen molar-refractivity contribution in [2.75, 3.05) is 12.4 Å². The third-order valence-corrected chi connectivity index (χ3v) is 8.07. The lowest BCUT2D eigenvalue weighted by atomic mass is 9.95. The molecule has 0 fully saturated rings. The fourth-order valence-electron chi connectivity index (χ4n) is 4.88. The molecule has 0 saturated carbocycles. The molecule has 0 spiro atoms. The van der Waals surface area contributed by atoms with Crippen LogP contribution in [0.2, 0.25) is 0 Å². The molecule has 1 N–H and O–H groups in total. The molecule has 2 aromatic heterocycles. The first-order chi connectivity index (χ1) is 17.5. The van der Waals surface area contributed by atoms with Crippen LogP contribution in [-0.4, -0.2) is 23.8 Å². The highest BCUT2D eigenvalue weighted by molar-refractivity contribution is 7.15. The number of hydrogen-bond donors (Lipinski definition) is 1. The Balaban J connectivity index is 1.55. The fraction of sp³-hybridized carbons (Fsp3) is 0.267. The highest BCUT2D eigenvalue weighted by atomic mass is 32.1. The van der Waals surface area contributed by atoms with Gasteiger partial charge in [-0.1, -0.05) is 29.8 Å². The van der Waals surface area contributed by atoms with Crippen LogP contribution in [0.5, 0.6) is 5.75 Å². The quantitative estimate of drug-likeness (QED) is 0.283. The third-order valence-electron chi connectivity index (χ3n) is 6.79. The molecule has 0 radical (unpaired) electrons.